The third-order valence-corrected chi connectivity index (χ3v) is 3.26. The highest BCUT2D eigenvalue weighted by Gasteiger charge is 2.09. The van der Waals surface area contributed by atoms with E-state index in [-0.39, 0.29) is 6.61 Å². The number of nitrogens with zero attached hydrogens (tertiary/aromatic N) is 1. The SMILES string of the molecule is Cc1cc(OCCN2CCOCC2)ccc1CO. The Kier molecular flexibility index (Phi) is 4.99. The summed E-state index contributed by atoms with van der Waals surface area (Å²) in [6, 6.07) is 5.81. The van der Waals surface area contributed by atoms with E-state index in [2.05, 4.69) is 4.90 Å². The van der Waals surface area contributed by atoms with Crippen LogP contribution in [0.25, 0.3) is 0 Å². The number of morpholine rings is 1. The molecule has 1 fully saturated rings. The van der Waals surface area contributed by atoms with Gasteiger partial charge in [-0.2, -0.15) is 0 Å². The number of hydrogen-bond donors (Lipinski definition) is 1. The third kappa shape index (κ3) is 3.70. The van der Waals surface area contributed by atoms with Crippen LogP contribution in [-0.4, -0.2) is 49.5 Å². The molecule has 1 aliphatic heterocycles. The van der Waals surface area contributed by atoms with Crippen LogP contribution in [0.3, 0.4) is 0 Å². The molecule has 0 saturated carbocycles. The van der Waals surface area contributed by atoms with Gasteiger partial charge in [0.05, 0.1) is 19.8 Å². The second kappa shape index (κ2) is 6.73. The van der Waals surface area contributed by atoms with Gasteiger partial charge in [-0.05, 0) is 30.2 Å². The van der Waals surface area contributed by atoms with Crippen LogP contribution in [0.2, 0.25) is 0 Å². The zero-order valence-electron chi connectivity index (χ0n) is 10.9. The summed E-state index contributed by atoms with van der Waals surface area (Å²) in [5, 5.41) is 9.10. The van der Waals surface area contributed by atoms with Crippen LogP contribution in [0.5, 0.6) is 5.75 Å². The molecule has 0 aromatic heterocycles. The molecule has 100 valence electrons. The first-order chi connectivity index (χ1) is 8.79. The van der Waals surface area contributed by atoms with Crippen molar-refractivity contribution in [3.05, 3.63) is 29.3 Å². The minimum Gasteiger partial charge on any atom is -0.492 e. The molecule has 0 aliphatic carbocycles. The van der Waals surface area contributed by atoms with E-state index in [4.69, 9.17) is 14.6 Å². The van der Waals surface area contributed by atoms with Gasteiger partial charge in [-0.15, -0.1) is 0 Å². The van der Waals surface area contributed by atoms with E-state index < -0.39 is 0 Å². The van der Waals surface area contributed by atoms with Crippen molar-refractivity contribution in [1.82, 2.24) is 4.90 Å². The Morgan fingerprint density at radius 1 is 1.33 bits per heavy atom. The monoisotopic (exact) mass is 251 g/mol. The Labute approximate surface area is 108 Å². The maximum absolute atomic E-state index is 9.10. The van der Waals surface area contributed by atoms with Gasteiger partial charge in [0.1, 0.15) is 12.4 Å². The minimum absolute atomic E-state index is 0.0832. The fourth-order valence-electron chi connectivity index (χ4n) is 2.05. The smallest absolute Gasteiger partial charge is 0.119 e. The molecule has 1 aromatic rings. The molecule has 4 heteroatoms. The van der Waals surface area contributed by atoms with Crippen LogP contribution in [0, 0.1) is 6.92 Å². The highest BCUT2D eigenvalue weighted by Crippen LogP contribution is 2.17. The predicted octanol–water partition coefficient (Wildman–Crippen LogP) is 1.20. The third-order valence-electron chi connectivity index (χ3n) is 3.26. The van der Waals surface area contributed by atoms with Crippen LogP contribution in [0.15, 0.2) is 18.2 Å². The molecule has 1 heterocycles. The van der Waals surface area contributed by atoms with Crippen LogP contribution in [-0.2, 0) is 11.3 Å². The summed E-state index contributed by atoms with van der Waals surface area (Å²) in [5.41, 5.74) is 2.02. The number of benzene rings is 1. The van der Waals surface area contributed by atoms with Crippen molar-refractivity contribution in [2.45, 2.75) is 13.5 Å². The lowest BCUT2D eigenvalue weighted by Gasteiger charge is -2.26. The number of rotatable bonds is 5. The normalized spacial score (nSPS) is 16.8. The maximum Gasteiger partial charge on any atom is 0.119 e. The van der Waals surface area contributed by atoms with Crippen molar-refractivity contribution in [2.24, 2.45) is 0 Å². The fraction of sp³-hybridized carbons (Fsp3) is 0.571. The van der Waals surface area contributed by atoms with E-state index >= 15 is 0 Å². The Hall–Kier alpha value is -1.10. The molecule has 18 heavy (non-hydrogen) atoms. The first kappa shape index (κ1) is 13.3. The molecular weight excluding hydrogens is 230 g/mol. The Bertz CT molecular complexity index is 375. The Morgan fingerprint density at radius 2 is 2.11 bits per heavy atom. The largest absolute Gasteiger partial charge is 0.492 e. The van der Waals surface area contributed by atoms with Gasteiger partial charge in [0.25, 0.3) is 0 Å². The standard InChI is InChI=1S/C14H21NO3/c1-12-10-14(3-2-13(12)11-16)18-9-6-15-4-7-17-8-5-15/h2-3,10,16H,4-9,11H2,1H3. The van der Waals surface area contributed by atoms with Crippen LogP contribution in [0.1, 0.15) is 11.1 Å². The summed E-state index contributed by atoms with van der Waals surface area (Å²) in [5.74, 6) is 0.873. The van der Waals surface area contributed by atoms with Crippen LogP contribution in [0.4, 0.5) is 0 Å². The van der Waals surface area contributed by atoms with E-state index in [1.807, 2.05) is 25.1 Å². The van der Waals surface area contributed by atoms with E-state index in [0.717, 1.165) is 49.7 Å². The summed E-state index contributed by atoms with van der Waals surface area (Å²) < 4.78 is 11.0. The molecule has 0 atom stereocenters. The molecule has 1 aliphatic rings. The van der Waals surface area contributed by atoms with Gasteiger partial charge in [-0.1, -0.05) is 6.07 Å². The summed E-state index contributed by atoms with van der Waals surface area (Å²) in [7, 11) is 0. The summed E-state index contributed by atoms with van der Waals surface area (Å²) in [6.07, 6.45) is 0. The van der Waals surface area contributed by atoms with E-state index in [0.29, 0.717) is 6.61 Å². The molecular formula is C14H21NO3. The van der Waals surface area contributed by atoms with Gasteiger partial charge >= 0.3 is 0 Å². The van der Waals surface area contributed by atoms with Crippen molar-refractivity contribution >= 4 is 0 Å². The lowest BCUT2D eigenvalue weighted by Crippen LogP contribution is -2.38. The molecule has 0 unspecified atom stereocenters. The van der Waals surface area contributed by atoms with Crippen molar-refractivity contribution in [1.29, 1.82) is 0 Å². The molecule has 1 saturated heterocycles. The second-order valence-electron chi connectivity index (χ2n) is 4.55. The topological polar surface area (TPSA) is 41.9 Å². The summed E-state index contributed by atoms with van der Waals surface area (Å²) in [4.78, 5) is 2.35. The molecule has 1 aromatic carbocycles. The zero-order chi connectivity index (χ0) is 12.8. The molecule has 0 amide bonds. The van der Waals surface area contributed by atoms with Crippen molar-refractivity contribution < 1.29 is 14.6 Å². The molecule has 4 nitrogen and oxygen atoms in total. The Morgan fingerprint density at radius 3 is 2.78 bits per heavy atom. The minimum atomic E-state index is 0.0832. The molecule has 0 radical (unpaired) electrons. The first-order valence-corrected chi connectivity index (χ1v) is 6.43. The van der Waals surface area contributed by atoms with Gasteiger partial charge in [-0.25, -0.2) is 0 Å². The number of aliphatic hydroxyl groups is 1. The van der Waals surface area contributed by atoms with E-state index in [1.54, 1.807) is 0 Å². The fourth-order valence-corrected chi connectivity index (χ4v) is 2.05. The van der Waals surface area contributed by atoms with Gasteiger partial charge in [0, 0.05) is 19.6 Å². The highest BCUT2D eigenvalue weighted by atomic mass is 16.5. The van der Waals surface area contributed by atoms with E-state index in [9.17, 15) is 0 Å². The van der Waals surface area contributed by atoms with Gasteiger partial charge in [0.2, 0.25) is 0 Å². The number of aryl methyl sites for hydroxylation is 1. The molecule has 1 N–H and O–H groups in total. The van der Waals surface area contributed by atoms with Crippen molar-refractivity contribution in [3.63, 3.8) is 0 Å². The summed E-state index contributed by atoms with van der Waals surface area (Å²) in [6.45, 7) is 7.33. The lowest BCUT2D eigenvalue weighted by molar-refractivity contribution is 0.0322. The number of ether oxygens (including phenoxy) is 2. The zero-order valence-corrected chi connectivity index (χ0v) is 10.9. The lowest BCUT2D eigenvalue weighted by atomic mass is 10.1. The predicted molar refractivity (Wildman–Crippen MR) is 69.9 cm³/mol. The molecule has 2 rings (SSSR count). The van der Waals surface area contributed by atoms with E-state index in [1.165, 1.54) is 0 Å². The number of aliphatic hydroxyl groups excluding tert-OH is 1. The molecule has 0 spiro atoms. The first-order valence-electron chi connectivity index (χ1n) is 6.43. The second-order valence-corrected chi connectivity index (χ2v) is 4.55. The van der Waals surface area contributed by atoms with Crippen molar-refractivity contribution in [2.75, 3.05) is 39.5 Å². The van der Waals surface area contributed by atoms with Crippen LogP contribution >= 0.6 is 0 Å². The Balaban J connectivity index is 1.77. The van der Waals surface area contributed by atoms with Gasteiger partial charge in [-0.3, -0.25) is 4.90 Å². The quantitative estimate of drug-likeness (QED) is 0.854. The van der Waals surface area contributed by atoms with Gasteiger partial charge in [0.15, 0.2) is 0 Å². The summed E-state index contributed by atoms with van der Waals surface area (Å²) >= 11 is 0. The number of hydrogen-bond acceptors (Lipinski definition) is 4. The maximum atomic E-state index is 9.10. The van der Waals surface area contributed by atoms with Gasteiger partial charge < -0.3 is 14.6 Å². The van der Waals surface area contributed by atoms with Crippen molar-refractivity contribution in [3.8, 4) is 5.75 Å². The highest BCUT2D eigenvalue weighted by molar-refractivity contribution is 5.34. The average Bonchev–Trinajstić information content (AvgIpc) is 2.40. The molecule has 0 bridgehead atoms. The van der Waals surface area contributed by atoms with Crippen LogP contribution < -0.4 is 4.74 Å². The average molecular weight is 251 g/mol.